The highest BCUT2D eigenvalue weighted by Gasteiger charge is 2.26. The van der Waals surface area contributed by atoms with Gasteiger partial charge in [0, 0.05) is 29.6 Å². The second kappa shape index (κ2) is 11.1. The molecule has 0 fully saturated rings. The highest BCUT2D eigenvalue weighted by Crippen LogP contribution is 2.33. The predicted octanol–water partition coefficient (Wildman–Crippen LogP) is 4.16. The van der Waals surface area contributed by atoms with Crippen LogP contribution in [0.4, 0.5) is 10.1 Å². The van der Waals surface area contributed by atoms with E-state index in [4.69, 9.17) is 21.1 Å². The van der Waals surface area contributed by atoms with E-state index in [0.717, 1.165) is 12.5 Å². The summed E-state index contributed by atoms with van der Waals surface area (Å²) in [5, 5.41) is 3.12. The number of ether oxygens (including phenoxy) is 2. The van der Waals surface area contributed by atoms with Crippen LogP contribution in [0.25, 0.3) is 0 Å². The molecule has 1 unspecified atom stereocenters. The summed E-state index contributed by atoms with van der Waals surface area (Å²) in [6.07, 6.45) is 1.58. The number of carbonyl (C=O) groups is 3. The molecular weight excluding hydrogens is 451 g/mol. The van der Waals surface area contributed by atoms with E-state index in [1.807, 2.05) is 13.8 Å². The van der Waals surface area contributed by atoms with Crippen molar-refractivity contribution in [3.63, 3.8) is 0 Å². The van der Waals surface area contributed by atoms with Crippen LogP contribution in [-0.4, -0.2) is 43.4 Å². The second-order valence-corrected chi connectivity index (χ2v) is 8.22. The maximum Gasteiger partial charge on any atom is 0.265 e. The van der Waals surface area contributed by atoms with Crippen LogP contribution < -0.4 is 19.7 Å². The minimum Gasteiger partial charge on any atom is -0.482 e. The van der Waals surface area contributed by atoms with Crippen LogP contribution in [0.15, 0.2) is 36.4 Å². The smallest absolute Gasteiger partial charge is 0.265 e. The number of fused-ring (bicyclic) bond motifs is 1. The molecule has 9 heteroatoms. The first-order valence-electron chi connectivity index (χ1n) is 10.8. The Balaban J connectivity index is 1.66. The van der Waals surface area contributed by atoms with Gasteiger partial charge < -0.3 is 19.7 Å². The Hall–Kier alpha value is -3.13. The van der Waals surface area contributed by atoms with Crippen LogP contribution in [-0.2, 0) is 9.59 Å². The predicted molar refractivity (Wildman–Crippen MR) is 123 cm³/mol. The first kappa shape index (κ1) is 24.5. The number of nitrogens with one attached hydrogen (secondary N) is 1. The topological polar surface area (TPSA) is 84.9 Å². The number of hydrogen-bond acceptors (Lipinski definition) is 5. The molecule has 33 heavy (non-hydrogen) atoms. The Morgan fingerprint density at radius 1 is 1.27 bits per heavy atom. The van der Waals surface area contributed by atoms with Gasteiger partial charge in [-0.1, -0.05) is 18.5 Å². The zero-order valence-electron chi connectivity index (χ0n) is 18.5. The molecule has 2 aromatic carbocycles. The van der Waals surface area contributed by atoms with E-state index in [1.54, 1.807) is 18.2 Å². The summed E-state index contributed by atoms with van der Waals surface area (Å²) in [4.78, 5) is 38.6. The lowest BCUT2D eigenvalue weighted by molar-refractivity contribution is -0.123. The van der Waals surface area contributed by atoms with Gasteiger partial charge >= 0.3 is 0 Å². The van der Waals surface area contributed by atoms with E-state index < -0.39 is 11.6 Å². The number of ketones is 1. The van der Waals surface area contributed by atoms with Gasteiger partial charge in [0.15, 0.2) is 30.6 Å². The van der Waals surface area contributed by atoms with Crippen molar-refractivity contribution < 1.29 is 28.2 Å². The third kappa shape index (κ3) is 6.44. The van der Waals surface area contributed by atoms with Crippen LogP contribution in [0.1, 0.15) is 43.5 Å². The maximum atomic E-state index is 13.9. The van der Waals surface area contributed by atoms with E-state index in [9.17, 15) is 18.8 Å². The Morgan fingerprint density at radius 3 is 2.79 bits per heavy atom. The number of hydrogen-bond donors (Lipinski definition) is 1. The van der Waals surface area contributed by atoms with Crippen LogP contribution in [0.5, 0.6) is 11.5 Å². The number of nitrogens with zero attached hydrogens (tertiary/aromatic N) is 1. The number of halogens is 2. The van der Waals surface area contributed by atoms with Crippen molar-refractivity contribution in [2.75, 3.05) is 24.7 Å². The van der Waals surface area contributed by atoms with E-state index in [-0.39, 0.29) is 48.3 Å². The van der Waals surface area contributed by atoms with E-state index in [1.165, 1.54) is 17.0 Å². The first-order valence-corrected chi connectivity index (χ1v) is 11.1. The summed E-state index contributed by atoms with van der Waals surface area (Å²) in [6, 6.07) is 8.74. The standard InChI is InChI=1S/C24H26ClFN2O5/c1-3-15(2)27-23(30)5-4-10-28-19-11-16(6-8-22(19)33-14-24(28)31)20(29)13-32-21-9-7-17(25)12-18(21)26/h6-9,11-12,15H,3-5,10,13-14H2,1-2H3,(H,27,30). The molecule has 0 saturated heterocycles. The minimum atomic E-state index is -0.664. The fourth-order valence-electron chi connectivity index (χ4n) is 3.29. The molecule has 1 aliphatic heterocycles. The molecular formula is C24H26ClFN2O5. The molecule has 1 N–H and O–H groups in total. The van der Waals surface area contributed by atoms with E-state index in [2.05, 4.69) is 5.32 Å². The fraction of sp³-hybridized carbons (Fsp3) is 0.375. The number of benzene rings is 2. The van der Waals surface area contributed by atoms with Crippen molar-refractivity contribution in [3.05, 3.63) is 52.8 Å². The molecule has 0 radical (unpaired) electrons. The molecule has 176 valence electrons. The van der Waals surface area contributed by atoms with Gasteiger partial charge in [0.2, 0.25) is 5.91 Å². The van der Waals surface area contributed by atoms with Gasteiger partial charge in [-0.3, -0.25) is 14.4 Å². The first-order chi connectivity index (χ1) is 15.8. The molecule has 1 aliphatic rings. The summed E-state index contributed by atoms with van der Waals surface area (Å²) in [7, 11) is 0. The average Bonchev–Trinajstić information content (AvgIpc) is 2.79. The van der Waals surface area contributed by atoms with Crippen LogP contribution >= 0.6 is 11.6 Å². The van der Waals surface area contributed by atoms with Crippen molar-refractivity contribution in [1.82, 2.24) is 5.32 Å². The largest absolute Gasteiger partial charge is 0.482 e. The Morgan fingerprint density at radius 2 is 2.06 bits per heavy atom. The van der Waals surface area contributed by atoms with Crippen LogP contribution in [0.2, 0.25) is 5.02 Å². The second-order valence-electron chi connectivity index (χ2n) is 7.78. The number of anilines is 1. The molecule has 2 amide bonds. The normalized spacial score (nSPS) is 13.7. The minimum absolute atomic E-state index is 0.0687. The van der Waals surface area contributed by atoms with Crippen molar-refractivity contribution >= 4 is 34.9 Å². The molecule has 7 nitrogen and oxygen atoms in total. The van der Waals surface area contributed by atoms with Crippen LogP contribution in [0, 0.1) is 5.82 Å². The molecule has 0 saturated carbocycles. The van der Waals surface area contributed by atoms with Gasteiger partial charge in [-0.2, -0.15) is 0 Å². The molecule has 0 spiro atoms. The lowest BCUT2D eigenvalue weighted by Crippen LogP contribution is -2.40. The number of rotatable bonds is 10. The number of amides is 2. The molecule has 0 bridgehead atoms. The van der Waals surface area contributed by atoms with E-state index >= 15 is 0 Å². The molecule has 1 heterocycles. The molecule has 0 aromatic heterocycles. The lowest BCUT2D eigenvalue weighted by atomic mass is 10.1. The van der Waals surface area contributed by atoms with Gasteiger partial charge in [0.25, 0.3) is 5.91 Å². The number of carbonyl (C=O) groups excluding carboxylic acids is 3. The molecule has 1 atom stereocenters. The highest BCUT2D eigenvalue weighted by atomic mass is 35.5. The van der Waals surface area contributed by atoms with E-state index in [0.29, 0.717) is 30.0 Å². The fourth-order valence-corrected chi connectivity index (χ4v) is 3.45. The van der Waals surface area contributed by atoms with Crippen LogP contribution in [0.3, 0.4) is 0 Å². The van der Waals surface area contributed by atoms with Gasteiger partial charge in [0.1, 0.15) is 5.75 Å². The summed E-state index contributed by atoms with van der Waals surface area (Å²) < 4.78 is 24.6. The van der Waals surface area contributed by atoms with Crippen molar-refractivity contribution in [1.29, 1.82) is 0 Å². The molecule has 2 aromatic rings. The molecule has 0 aliphatic carbocycles. The van der Waals surface area contributed by atoms with Gasteiger partial charge in [-0.15, -0.1) is 0 Å². The third-order valence-electron chi connectivity index (χ3n) is 5.28. The third-order valence-corrected chi connectivity index (χ3v) is 5.52. The maximum absolute atomic E-state index is 13.9. The monoisotopic (exact) mass is 476 g/mol. The zero-order chi connectivity index (χ0) is 24.0. The van der Waals surface area contributed by atoms with Crippen molar-refractivity contribution in [2.45, 2.75) is 39.2 Å². The van der Waals surface area contributed by atoms with Crippen molar-refractivity contribution in [2.24, 2.45) is 0 Å². The SMILES string of the molecule is CCC(C)NC(=O)CCCN1C(=O)COc2ccc(C(=O)COc3ccc(Cl)cc3F)cc21. The summed E-state index contributed by atoms with van der Waals surface area (Å²) in [5.41, 5.74) is 0.748. The zero-order valence-corrected chi connectivity index (χ0v) is 19.3. The molecule has 3 rings (SSSR count). The van der Waals surface area contributed by atoms with Gasteiger partial charge in [0.05, 0.1) is 5.69 Å². The Labute approximate surface area is 196 Å². The Kier molecular flexibility index (Phi) is 8.27. The summed E-state index contributed by atoms with van der Waals surface area (Å²) in [6.45, 7) is 3.74. The van der Waals surface area contributed by atoms with Gasteiger partial charge in [-0.25, -0.2) is 4.39 Å². The van der Waals surface area contributed by atoms with Crippen molar-refractivity contribution in [3.8, 4) is 11.5 Å². The highest BCUT2D eigenvalue weighted by molar-refractivity contribution is 6.30. The van der Waals surface area contributed by atoms with Gasteiger partial charge in [-0.05, 0) is 56.2 Å². The Bertz CT molecular complexity index is 1050. The summed E-state index contributed by atoms with van der Waals surface area (Å²) in [5.74, 6) is -0.988. The average molecular weight is 477 g/mol. The lowest BCUT2D eigenvalue weighted by Gasteiger charge is -2.29. The summed E-state index contributed by atoms with van der Waals surface area (Å²) >= 11 is 5.72. The number of Topliss-reactive ketones (excluding diaryl/α,β-unsaturated/α-hetero) is 1. The quantitative estimate of drug-likeness (QED) is 0.520.